The molecule has 0 heterocycles. The van der Waals surface area contributed by atoms with Gasteiger partial charge in [0, 0.05) is 12.6 Å². The van der Waals surface area contributed by atoms with Gasteiger partial charge in [-0.3, -0.25) is 0 Å². The SMILES string of the molecule is CCCC(CNC)Oc1ccc(F)cc1F. The van der Waals surface area contributed by atoms with Crippen molar-refractivity contribution in [2.24, 2.45) is 0 Å². The molecule has 0 spiro atoms. The molecule has 0 bridgehead atoms. The Labute approximate surface area is 94.6 Å². The average Bonchev–Trinajstić information content (AvgIpc) is 2.23. The van der Waals surface area contributed by atoms with E-state index in [0.29, 0.717) is 6.54 Å². The highest BCUT2D eigenvalue weighted by atomic mass is 19.1. The van der Waals surface area contributed by atoms with Crippen LogP contribution in [0.1, 0.15) is 19.8 Å². The number of hydrogen-bond acceptors (Lipinski definition) is 2. The molecule has 1 aromatic carbocycles. The van der Waals surface area contributed by atoms with Gasteiger partial charge in [-0.1, -0.05) is 13.3 Å². The summed E-state index contributed by atoms with van der Waals surface area (Å²) in [7, 11) is 1.81. The van der Waals surface area contributed by atoms with E-state index >= 15 is 0 Å². The smallest absolute Gasteiger partial charge is 0.167 e. The van der Waals surface area contributed by atoms with E-state index in [1.807, 2.05) is 14.0 Å². The van der Waals surface area contributed by atoms with Gasteiger partial charge >= 0.3 is 0 Å². The Morgan fingerprint density at radius 2 is 2.12 bits per heavy atom. The molecule has 0 saturated heterocycles. The molecule has 1 atom stereocenters. The number of nitrogens with one attached hydrogen (secondary N) is 1. The van der Waals surface area contributed by atoms with Crippen molar-refractivity contribution in [3.8, 4) is 5.75 Å². The minimum Gasteiger partial charge on any atom is -0.486 e. The van der Waals surface area contributed by atoms with Crippen LogP contribution in [0.4, 0.5) is 8.78 Å². The van der Waals surface area contributed by atoms with E-state index in [1.54, 1.807) is 0 Å². The summed E-state index contributed by atoms with van der Waals surface area (Å²) in [5, 5.41) is 2.98. The standard InChI is InChI=1S/C12H17F2NO/c1-3-4-10(8-15-2)16-12-6-5-9(13)7-11(12)14/h5-7,10,15H,3-4,8H2,1-2H3. The predicted octanol–water partition coefficient (Wildman–Crippen LogP) is 2.73. The first-order valence-corrected chi connectivity index (χ1v) is 5.43. The minimum absolute atomic E-state index is 0.0880. The fourth-order valence-electron chi connectivity index (χ4n) is 1.50. The molecule has 0 radical (unpaired) electrons. The maximum atomic E-state index is 13.3. The van der Waals surface area contributed by atoms with Crippen LogP contribution in [0.5, 0.6) is 5.75 Å². The quantitative estimate of drug-likeness (QED) is 0.809. The van der Waals surface area contributed by atoms with Gasteiger partial charge in [-0.2, -0.15) is 0 Å². The van der Waals surface area contributed by atoms with Crippen molar-refractivity contribution >= 4 is 0 Å². The van der Waals surface area contributed by atoms with Gasteiger partial charge in [-0.05, 0) is 25.6 Å². The molecule has 0 saturated carbocycles. The summed E-state index contributed by atoms with van der Waals surface area (Å²) in [4.78, 5) is 0. The van der Waals surface area contributed by atoms with E-state index in [0.717, 1.165) is 18.9 Å². The lowest BCUT2D eigenvalue weighted by Crippen LogP contribution is -2.29. The molecule has 16 heavy (non-hydrogen) atoms. The van der Waals surface area contributed by atoms with E-state index in [2.05, 4.69) is 5.32 Å². The van der Waals surface area contributed by atoms with Crippen molar-refractivity contribution < 1.29 is 13.5 Å². The van der Waals surface area contributed by atoms with Gasteiger partial charge in [-0.15, -0.1) is 0 Å². The molecule has 90 valence electrons. The van der Waals surface area contributed by atoms with E-state index in [1.165, 1.54) is 12.1 Å². The van der Waals surface area contributed by atoms with Gasteiger partial charge in [0.15, 0.2) is 11.6 Å². The summed E-state index contributed by atoms with van der Waals surface area (Å²) >= 11 is 0. The number of likely N-dealkylation sites (N-methyl/N-ethyl adjacent to an activating group) is 1. The van der Waals surface area contributed by atoms with E-state index in [9.17, 15) is 8.78 Å². The Kier molecular flexibility index (Phi) is 5.19. The topological polar surface area (TPSA) is 21.3 Å². The monoisotopic (exact) mass is 229 g/mol. The molecule has 1 unspecified atom stereocenters. The predicted molar refractivity (Wildman–Crippen MR) is 59.6 cm³/mol. The lowest BCUT2D eigenvalue weighted by Gasteiger charge is -2.18. The number of halogens is 2. The fraction of sp³-hybridized carbons (Fsp3) is 0.500. The van der Waals surface area contributed by atoms with Gasteiger partial charge < -0.3 is 10.1 Å². The Balaban J connectivity index is 2.68. The van der Waals surface area contributed by atoms with E-state index < -0.39 is 11.6 Å². The van der Waals surface area contributed by atoms with Crippen LogP contribution >= 0.6 is 0 Å². The van der Waals surface area contributed by atoms with Crippen molar-refractivity contribution in [1.29, 1.82) is 0 Å². The minimum atomic E-state index is -0.655. The van der Waals surface area contributed by atoms with Crippen LogP contribution in [0.2, 0.25) is 0 Å². The van der Waals surface area contributed by atoms with Gasteiger partial charge in [0.25, 0.3) is 0 Å². The molecule has 0 aromatic heterocycles. The van der Waals surface area contributed by atoms with Crippen LogP contribution in [-0.4, -0.2) is 19.7 Å². The number of hydrogen-bond donors (Lipinski definition) is 1. The first-order chi connectivity index (χ1) is 7.67. The normalized spacial score (nSPS) is 12.5. The second-order valence-electron chi connectivity index (χ2n) is 3.66. The average molecular weight is 229 g/mol. The van der Waals surface area contributed by atoms with Crippen molar-refractivity contribution in [2.45, 2.75) is 25.9 Å². The Hall–Kier alpha value is -1.16. The van der Waals surface area contributed by atoms with Crippen molar-refractivity contribution in [1.82, 2.24) is 5.32 Å². The summed E-state index contributed by atoms with van der Waals surface area (Å²) < 4.78 is 31.5. The van der Waals surface area contributed by atoms with Gasteiger partial charge in [0.1, 0.15) is 11.9 Å². The summed E-state index contributed by atoms with van der Waals surface area (Å²) in [5.74, 6) is -1.14. The van der Waals surface area contributed by atoms with Crippen molar-refractivity contribution in [2.75, 3.05) is 13.6 Å². The highest BCUT2D eigenvalue weighted by molar-refractivity contribution is 5.24. The van der Waals surface area contributed by atoms with E-state index in [4.69, 9.17) is 4.74 Å². The van der Waals surface area contributed by atoms with Crippen LogP contribution < -0.4 is 10.1 Å². The van der Waals surface area contributed by atoms with Crippen LogP contribution in [0.25, 0.3) is 0 Å². The molecular weight excluding hydrogens is 212 g/mol. The van der Waals surface area contributed by atoms with Gasteiger partial charge in [-0.25, -0.2) is 8.78 Å². The third kappa shape index (κ3) is 3.77. The molecule has 0 aliphatic heterocycles. The highest BCUT2D eigenvalue weighted by Crippen LogP contribution is 2.19. The summed E-state index contributed by atoms with van der Waals surface area (Å²) in [6, 6.07) is 3.35. The maximum Gasteiger partial charge on any atom is 0.167 e. The Morgan fingerprint density at radius 3 is 2.69 bits per heavy atom. The molecule has 0 amide bonds. The number of ether oxygens (including phenoxy) is 1. The molecular formula is C12H17F2NO. The van der Waals surface area contributed by atoms with Crippen LogP contribution in [-0.2, 0) is 0 Å². The highest BCUT2D eigenvalue weighted by Gasteiger charge is 2.12. The molecule has 1 aromatic rings. The first kappa shape index (κ1) is 12.9. The van der Waals surface area contributed by atoms with Gasteiger partial charge in [0.05, 0.1) is 0 Å². The maximum absolute atomic E-state index is 13.3. The Bertz CT molecular complexity index is 325. The first-order valence-electron chi connectivity index (χ1n) is 5.43. The third-order valence-corrected chi connectivity index (χ3v) is 2.23. The third-order valence-electron chi connectivity index (χ3n) is 2.23. The second kappa shape index (κ2) is 6.43. The zero-order chi connectivity index (χ0) is 12.0. The molecule has 2 nitrogen and oxygen atoms in total. The summed E-state index contributed by atoms with van der Waals surface area (Å²) in [5.41, 5.74) is 0. The van der Waals surface area contributed by atoms with Crippen molar-refractivity contribution in [3.05, 3.63) is 29.8 Å². The van der Waals surface area contributed by atoms with Crippen LogP contribution in [0.3, 0.4) is 0 Å². The summed E-state index contributed by atoms with van der Waals surface area (Å²) in [6.07, 6.45) is 1.70. The van der Waals surface area contributed by atoms with E-state index in [-0.39, 0.29) is 11.9 Å². The zero-order valence-corrected chi connectivity index (χ0v) is 9.59. The number of benzene rings is 1. The largest absolute Gasteiger partial charge is 0.486 e. The molecule has 1 N–H and O–H groups in total. The fourth-order valence-corrected chi connectivity index (χ4v) is 1.50. The molecule has 0 fully saturated rings. The number of rotatable bonds is 6. The zero-order valence-electron chi connectivity index (χ0n) is 9.59. The molecule has 4 heteroatoms. The van der Waals surface area contributed by atoms with Crippen LogP contribution in [0, 0.1) is 11.6 Å². The Morgan fingerprint density at radius 1 is 1.38 bits per heavy atom. The molecule has 0 aliphatic rings. The second-order valence-corrected chi connectivity index (χ2v) is 3.66. The van der Waals surface area contributed by atoms with Gasteiger partial charge in [0.2, 0.25) is 0 Å². The summed E-state index contributed by atoms with van der Waals surface area (Å²) in [6.45, 7) is 2.68. The molecule has 1 rings (SSSR count). The lowest BCUT2D eigenvalue weighted by molar-refractivity contribution is 0.181. The lowest BCUT2D eigenvalue weighted by atomic mass is 10.2. The van der Waals surface area contributed by atoms with Crippen LogP contribution in [0.15, 0.2) is 18.2 Å². The van der Waals surface area contributed by atoms with Crippen molar-refractivity contribution in [3.63, 3.8) is 0 Å². The molecule has 0 aliphatic carbocycles.